The highest BCUT2D eigenvalue weighted by atomic mass is 19.1. The van der Waals surface area contributed by atoms with Gasteiger partial charge in [-0.25, -0.2) is 4.39 Å². The molecular weight excluding hydrogens is 287 g/mol. The van der Waals surface area contributed by atoms with E-state index in [4.69, 9.17) is 0 Å². The van der Waals surface area contributed by atoms with Gasteiger partial charge in [-0.2, -0.15) is 0 Å². The van der Waals surface area contributed by atoms with Crippen LogP contribution in [0.3, 0.4) is 0 Å². The van der Waals surface area contributed by atoms with Crippen molar-refractivity contribution in [2.75, 3.05) is 36.4 Å². The Balaban J connectivity index is 1.69. The molecule has 0 aliphatic carbocycles. The molecule has 3 N–H and O–H groups in total. The van der Waals surface area contributed by atoms with Gasteiger partial charge in [-0.15, -0.1) is 0 Å². The Labute approximate surface area is 128 Å². The second-order valence-electron chi connectivity index (χ2n) is 5.55. The number of amides is 2. The molecule has 0 bridgehead atoms. The summed E-state index contributed by atoms with van der Waals surface area (Å²) in [7, 11) is 0. The van der Waals surface area contributed by atoms with Gasteiger partial charge in [-0.1, -0.05) is 0 Å². The van der Waals surface area contributed by atoms with Crippen LogP contribution in [0.5, 0.6) is 0 Å². The second kappa shape index (κ2) is 6.31. The van der Waals surface area contributed by atoms with Gasteiger partial charge in [0.2, 0.25) is 11.8 Å². The number of piperazine rings is 1. The number of piperidine rings is 1. The van der Waals surface area contributed by atoms with Gasteiger partial charge < -0.3 is 15.5 Å². The molecule has 2 aliphatic rings. The van der Waals surface area contributed by atoms with Gasteiger partial charge in [0.1, 0.15) is 11.9 Å². The number of benzene rings is 1. The molecule has 1 aromatic carbocycles. The van der Waals surface area contributed by atoms with Crippen molar-refractivity contribution >= 4 is 23.2 Å². The second-order valence-corrected chi connectivity index (χ2v) is 5.55. The maximum atomic E-state index is 14.3. The monoisotopic (exact) mass is 306 g/mol. The lowest BCUT2D eigenvalue weighted by Gasteiger charge is -2.30. The van der Waals surface area contributed by atoms with Crippen LogP contribution in [0.1, 0.15) is 12.8 Å². The standard InChI is InChI=1S/C15H19FN4O2/c16-11-9-10(18-12-2-4-14(21)19-15(12)22)1-3-13(11)20-7-5-17-6-8-20/h1,3,9,12,17-18H,2,4-8H2,(H,19,21,22). The first-order valence-electron chi connectivity index (χ1n) is 7.49. The zero-order valence-corrected chi connectivity index (χ0v) is 12.2. The van der Waals surface area contributed by atoms with Crippen molar-refractivity contribution in [3.63, 3.8) is 0 Å². The summed E-state index contributed by atoms with van der Waals surface area (Å²) in [6.45, 7) is 3.24. The van der Waals surface area contributed by atoms with Crippen LogP contribution in [-0.2, 0) is 9.59 Å². The van der Waals surface area contributed by atoms with E-state index in [-0.39, 0.29) is 17.6 Å². The molecule has 2 heterocycles. The summed E-state index contributed by atoms with van der Waals surface area (Å²) in [5, 5.41) is 8.49. The van der Waals surface area contributed by atoms with E-state index in [1.165, 1.54) is 6.07 Å². The number of nitrogens with one attached hydrogen (secondary N) is 3. The number of rotatable bonds is 3. The molecule has 118 valence electrons. The lowest BCUT2D eigenvalue weighted by atomic mass is 10.1. The molecule has 2 saturated heterocycles. The van der Waals surface area contributed by atoms with Crippen molar-refractivity contribution in [1.82, 2.24) is 10.6 Å². The summed E-state index contributed by atoms with van der Waals surface area (Å²) in [6.07, 6.45) is 0.719. The number of hydrogen-bond donors (Lipinski definition) is 3. The molecule has 1 atom stereocenters. The smallest absolute Gasteiger partial charge is 0.249 e. The normalized spacial score (nSPS) is 22.4. The number of carbonyl (C=O) groups is 2. The first-order chi connectivity index (χ1) is 10.6. The van der Waals surface area contributed by atoms with Crippen LogP contribution in [0.15, 0.2) is 18.2 Å². The maximum absolute atomic E-state index is 14.3. The minimum absolute atomic E-state index is 0.261. The number of halogens is 1. The zero-order valence-electron chi connectivity index (χ0n) is 12.2. The Morgan fingerprint density at radius 2 is 2.00 bits per heavy atom. The van der Waals surface area contributed by atoms with Crippen molar-refractivity contribution in [3.05, 3.63) is 24.0 Å². The number of imide groups is 1. The molecule has 0 spiro atoms. The van der Waals surface area contributed by atoms with E-state index in [1.54, 1.807) is 12.1 Å². The predicted octanol–water partition coefficient (Wildman–Crippen LogP) is 0.452. The van der Waals surface area contributed by atoms with Crippen LogP contribution < -0.4 is 20.9 Å². The van der Waals surface area contributed by atoms with E-state index in [0.717, 1.165) is 26.2 Å². The average molecular weight is 306 g/mol. The topological polar surface area (TPSA) is 73.5 Å². The van der Waals surface area contributed by atoms with Gasteiger partial charge >= 0.3 is 0 Å². The fourth-order valence-electron chi connectivity index (χ4n) is 2.79. The summed E-state index contributed by atoms with van der Waals surface area (Å²) < 4.78 is 14.3. The number of hydrogen-bond acceptors (Lipinski definition) is 5. The maximum Gasteiger partial charge on any atom is 0.249 e. The fraction of sp³-hybridized carbons (Fsp3) is 0.467. The van der Waals surface area contributed by atoms with Gasteiger partial charge in [0.25, 0.3) is 0 Å². The van der Waals surface area contributed by atoms with Crippen LogP contribution in [0.2, 0.25) is 0 Å². The Hall–Kier alpha value is -2.15. The third-order valence-electron chi connectivity index (χ3n) is 3.99. The fourth-order valence-corrected chi connectivity index (χ4v) is 2.79. The van der Waals surface area contributed by atoms with E-state index in [9.17, 15) is 14.0 Å². The summed E-state index contributed by atoms with van der Waals surface area (Å²) in [4.78, 5) is 24.8. The van der Waals surface area contributed by atoms with Crippen molar-refractivity contribution in [3.8, 4) is 0 Å². The highest BCUT2D eigenvalue weighted by Gasteiger charge is 2.26. The summed E-state index contributed by atoms with van der Waals surface area (Å²) >= 11 is 0. The lowest BCUT2D eigenvalue weighted by Crippen LogP contribution is -2.47. The van der Waals surface area contributed by atoms with Gasteiger partial charge in [-0.3, -0.25) is 14.9 Å². The zero-order chi connectivity index (χ0) is 15.5. The van der Waals surface area contributed by atoms with Crippen LogP contribution in [0, 0.1) is 5.82 Å². The SMILES string of the molecule is O=C1CCC(Nc2ccc(N3CCNCC3)c(F)c2)C(=O)N1. The molecule has 0 radical (unpaired) electrons. The molecule has 2 aliphatic heterocycles. The van der Waals surface area contributed by atoms with Gasteiger partial charge in [0.05, 0.1) is 5.69 Å². The molecule has 0 saturated carbocycles. The molecule has 7 heteroatoms. The van der Waals surface area contributed by atoms with Crippen LogP contribution in [0.25, 0.3) is 0 Å². The molecule has 6 nitrogen and oxygen atoms in total. The molecule has 2 amide bonds. The minimum Gasteiger partial charge on any atom is -0.374 e. The van der Waals surface area contributed by atoms with E-state index >= 15 is 0 Å². The van der Waals surface area contributed by atoms with E-state index in [1.807, 2.05) is 4.90 Å². The molecule has 0 aromatic heterocycles. The summed E-state index contributed by atoms with van der Waals surface area (Å²) in [5.74, 6) is -0.926. The minimum atomic E-state index is -0.498. The van der Waals surface area contributed by atoms with Crippen molar-refractivity contribution in [1.29, 1.82) is 0 Å². The highest BCUT2D eigenvalue weighted by Crippen LogP contribution is 2.24. The lowest BCUT2D eigenvalue weighted by molar-refractivity contribution is -0.133. The van der Waals surface area contributed by atoms with Crippen molar-refractivity contribution in [2.24, 2.45) is 0 Å². The third kappa shape index (κ3) is 3.19. The van der Waals surface area contributed by atoms with Gasteiger partial charge in [0.15, 0.2) is 0 Å². The van der Waals surface area contributed by atoms with Crippen LogP contribution in [0.4, 0.5) is 15.8 Å². The van der Waals surface area contributed by atoms with E-state index in [0.29, 0.717) is 24.2 Å². The van der Waals surface area contributed by atoms with E-state index in [2.05, 4.69) is 16.0 Å². The number of carbonyl (C=O) groups excluding carboxylic acids is 2. The molecule has 22 heavy (non-hydrogen) atoms. The third-order valence-corrected chi connectivity index (χ3v) is 3.99. The average Bonchev–Trinajstić information content (AvgIpc) is 2.51. The van der Waals surface area contributed by atoms with Crippen LogP contribution >= 0.6 is 0 Å². The van der Waals surface area contributed by atoms with Crippen molar-refractivity contribution in [2.45, 2.75) is 18.9 Å². The molecular formula is C15H19FN4O2. The Morgan fingerprint density at radius 1 is 1.23 bits per heavy atom. The molecule has 3 rings (SSSR count). The van der Waals surface area contributed by atoms with Crippen LogP contribution in [-0.4, -0.2) is 44.0 Å². The molecule has 2 fully saturated rings. The van der Waals surface area contributed by atoms with Crippen molar-refractivity contribution < 1.29 is 14.0 Å². The highest BCUT2D eigenvalue weighted by molar-refractivity contribution is 6.01. The largest absolute Gasteiger partial charge is 0.374 e. The first kappa shape index (κ1) is 14.8. The predicted molar refractivity (Wildman–Crippen MR) is 81.3 cm³/mol. The number of nitrogens with zero attached hydrogens (tertiary/aromatic N) is 1. The quantitative estimate of drug-likeness (QED) is 0.707. The van der Waals surface area contributed by atoms with Gasteiger partial charge in [0, 0.05) is 38.3 Å². The Morgan fingerprint density at radius 3 is 2.68 bits per heavy atom. The number of anilines is 2. The Bertz CT molecular complexity index is 587. The Kier molecular flexibility index (Phi) is 4.24. The molecule has 1 unspecified atom stereocenters. The molecule has 1 aromatic rings. The summed E-state index contributed by atoms with van der Waals surface area (Å²) in [6, 6.07) is 4.40. The summed E-state index contributed by atoms with van der Waals surface area (Å²) in [5.41, 5.74) is 1.13. The van der Waals surface area contributed by atoms with E-state index < -0.39 is 6.04 Å². The van der Waals surface area contributed by atoms with Gasteiger partial charge in [-0.05, 0) is 24.6 Å². The first-order valence-corrected chi connectivity index (χ1v) is 7.49.